The summed E-state index contributed by atoms with van der Waals surface area (Å²) in [5.41, 5.74) is 0.695. The van der Waals surface area contributed by atoms with Gasteiger partial charge < -0.3 is 10.6 Å². The number of carbonyl (C=O) groups excluding carboxylic acids is 1. The number of piperidine rings is 1. The van der Waals surface area contributed by atoms with Crippen molar-refractivity contribution >= 4 is 5.91 Å². The first-order valence-electron chi connectivity index (χ1n) is 5.59. The van der Waals surface area contributed by atoms with Crippen LogP contribution in [-0.4, -0.2) is 18.5 Å². The van der Waals surface area contributed by atoms with Crippen LogP contribution in [0.4, 0.5) is 8.78 Å². The minimum Gasteiger partial charge on any atom is -0.355 e. The number of amides is 1. The summed E-state index contributed by atoms with van der Waals surface area (Å²) in [6, 6.07) is 4.05. The normalized spacial score (nSPS) is 20.1. The summed E-state index contributed by atoms with van der Waals surface area (Å²) in [7, 11) is 0. The fraction of sp³-hybridized carbons (Fsp3) is 0.417. The van der Waals surface area contributed by atoms with Gasteiger partial charge in [-0.15, -0.1) is 0 Å². The second kappa shape index (κ2) is 5.23. The molecule has 17 heavy (non-hydrogen) atoms. The Kier molecular flexibility index (Phi) is 3.68. The average molecular weight is 240 g/mol. The largest absolute Gasteiger partial charge is 0.355 e. The van der Waals surface area contributed by atoms with Gasteiger partial charge in [0.2, 0.25) is 5.91 Å². The molecule has 3 nitrogen and oxygen atoms in total. The number of carbonyl (C=O) groups is 1. The van der Waals surface area contributed by atoms with Crippen molar-refractivity contribution in [2.75, 3.05) is 6.54 Å². The number of rotatable bonds is 3. The maximum atomic E-state index is 12.9. The molecule has 0 spiro atoms. The number of nitrogens with one attached hydrogen (secondary N) is 2. The molecule has 1 aliphatic heterocycles. The zero-order valence-corrected chi connectivity index (χ0v) is 9.30. The molecule has 0 saturated carbocycles. The van der Waals surface area contributed by atoms with Gasteiger partial charge in [0.05, 0.1) is 0 Å². The van der Waals surface area contributed by atoms with Crippen LogP contribution in [0.2, 0.25) is 0 Å². The van der Waals surface area contributed by atoms with Crippen LogP contribution in [0, 0.1) is 11.6 Å². The molecular formula is C12H14F2N2O. The third-order valence-electron chi connectivity index (χ3n) is 2.84. The third-order valence-corrected chi connectivity index (χ3v) is 2.84. The van der Waals surface area contributed by atoms with E-state index in [-0.39, 0.29) is 11.9 Å². The van der Waals surface area contributed by atoms with Crippen molar-refractivity contribution in [3.05, 3.63) is 35.4 Å². The molecule has 92 valence electrons. The van der Waals surface area contributed by atoms with Gasteiger partial charge in [0.15, 0.2) is 11.6 Å². The van der Waals surface area contributed by atoms with E-state index >= 15 is 0 Å². The fourth-order valence-corrected chi connectivity index (χ4v) is 1.82. The molecule has 1 saturated heterocycles. The number of halogens is 2. The Morgan fingerprint density at radius 1 is 1.35 bits per heavy atom. The van der Waals surface area contributed by atoms with Gasteiger partial charge in [-0.25, -0.2) is 8.78 Å². The highest BCUT2D eigenvalue weighted by molar-refractivity contribution is 5.76. The van der Waals surface area contributed by atoms with Gasteiger partial charge in [-0.05, 0) is 24.1 Å². The molecule has 2 N–H and O–H groups in total. The minimum atomic E-state index is -0.835. The van der Waals surface area contributed by atoms with Gasteiger partial charge in [-0.2, -0.15) is 0 Å². The van der Waals surface area contributed by atoms with E-state index in [1.54, 1.807) is 6.07 Å². The van der Waals surface area contributed by atoms with Crippen LogP contribution in [-0.2, 0) is 11.3 Å². The Labute approximate surface area is 98.2 Å². The van der Waals surface area contributed by atoms with E-state index in [2.05, 4.69) is 10.6 Å². The van der Waals surface area contributed by atoms with Gasteiger partial charge in [0, 0.05) is 25.6 Å². The Morgan fingerprint density at radius 3 is 2.82 bits per heavy atom. The van der Waals surface area contributed by atoms with Crippen LogP contribution in [0.3, 0.4) is 0 Å². The average Bonchev–Trinajstić information content (AvgIpc) is 2.33. The van der Waals surface area contributed by atoms with Crippen molar-refractivity contribution in [2.24, 2.45) is 0 Å². The van der Waals surface area contributed by atoms with Crippen LogP contribution in [0.5, 0.6) is 0 Å². The number of hydrogen-bond acceptors (Lipinski definition) is 2. The fourth-order valence-electron chi connectivity index (χ4n) is 1.82. The summed E-state index contributed by atoms with van der Waals surface area (Å²) in [4.78, 5) is 10.9. The maximum Gasteiger partial charge on any atom is 0.220 e. The second-order valence-corrected chi connectivity index (χ2v) is 4.17. The van der Waals surface area contributed by atoms with Gasteiger partial charge in [-0.3, -0.25) is 4.79 Å². The first-order chi connectivity index (χ1) is 8.15. The van der Waals surface area contributed by atoms with Crippen LogP contribution in [0.25, 0.3) is 0 Å². The lowest BCUT2D eigenvalue weighted by Crippen LogP contribution is -2.45. The first-order valence-corrected chi connectivity index (χ1v) is 5.59. The van der Waals surface area contributed by atoms with Crippen LogP contribution >= 0.6 is 0 Å². The number of benzene rings is 1. The topological polar surface area (TPSA) is 41.1 Å². The lowest BCUT2D eigenvalue weighted by molar-refractivity contribution is -0.122. The van der Waals surface area contributed by atoms with Crippen molar-refractivity contribution in [2.45, 2.75) is 25.4 Å². The highest BCUT2D eigenvalue weighted by atomic mass is 19.2. The van der Waals surface area contributed by atoms with Crippen molar-refractivity contribution in [3.63, 3.8) is 0 Å². The molecule has 1 heterocycles. The van der Waals surface area contributed by atoms with E-state index < -0.39 is 11.6 Å². The van der Waals surface area contributed by atoms with E-state index in [4.69, 9.17) is 0 Å². The smallest absolute Gasteiger partial charge is 0.220 e. The molecule has 2 rings (SSSR count). The van der Waals surface area contributed by atoms with E-state index in [0.717, 1.165) is 12.5 Å². The summed E-state index contributed by atoms with van der Waals surface area (Å²) < 4.78 is 25.6. The first kappa shape index (κ1) is 12.0. The molecule has 1 aromatic rings. The van der Waals surface area contributed by atoms with Gasteiger partial charge >= 0.3 is 0 Å². The zero-order chi connectivity index (χ0) is 12.3. The van der Waals surface area contributed by atoms with Crippen molar-refractivity contribution in [3.8, 4) is 0 Å². The quantitative estimate of drug-likeness (QED) is 0.837. The molecule has 1 fully saturated rings. The van der Waals surface area contributed by atoms with Crippen LogP contribution < -0.4 is 10.6 Å². The van der Waals surface area contributed by atoms with Crippen molar-refractivity contribution in [1.29, 1.82) is 0 Å². The maximum absolute atomic E-state index is 12.9. The van der Waals surface area contributed by atoms with E-state index in [9.17, 15) is 13.6 Å². The highest BCUT2D eigenvalue weighted by Crippen LogP contribution is 2.09. The lowest BCUT2D eigenvalue weighted by atomic mass is 10.1. The Morgan fingerprint density at radius 2 is 2.18 bits per heavy atom. The van der Waals surface area contributed by atoms with E-state index in [0.29, 0.717) is 25.1 Å². The van der Waals surface area contributed by atoms with Crippen LogP contribution in [0.15, 0.2) is 18.2 Å². The molecule has 0 bridgehead atoms. The third kappa shape index (κ3) is 3.23. The predicted molar refractivity (Wildman–Crippen MR) is 59.2 cm³/mol. The highest BCUT2D eigenvalue weighted by Gasteiger charge is 2.17. The molecule has 1 atom stereocenters. The summed E-state index contributed by atoms with van der Waals surface area (Å²) in [5.74, 6) is -1.60. The lowest BCUT2D eigenvalue weighted by Gasteiger charge is -2.23. The SMILES string of the molecule is O=C1CCC(NCc2ccc(F)c(F)c2)CN1. The molecule has 1 aliphatic rings. The van der Waals surface area contributed by atoms with Crippen LogP contribution in [0.1, 0.15) is 18.4 Å². The van der Waals surface area contributed by atoms with Gasteiger partial charge in [0.1, 0.15) is 0 Å². The zero-order valence-electron chi connectivity index (χ0n) is 9.30. The molecule has 1 amide bonds. The molecule has 5 heteroatoms. The Hall–Kier alpha value is -1.49. The standard InChI is InChI=1S/C12H14F2N2O/c13-10-3-1-8(5-11(10)14)6-15-9-2-4-12(17)16-7-9/h1,3,5,9,15H,2,4,6-7H2,(H,16,17). The van der Waals surface area contributed by atoms with Gasteiger partial charge in [-0.1, -0.05) is 6.07 Å². The molecule has 0 aliphatic carbocycles. The Bertz CT molecular complexity index is 413. The van der Waals surface area contributed by atoms with Gasteiger partial charge in [0.25, 0.3) is 0 Å². The van der Waals surface area contributed by atoms with Crippen molar-refractivity contribution < 1.29 is 13.6 Å². The molecule has 0 aromatic heterocycles. The predicted octanol–water partition coefficient (Wildman–Crippen LogP) is 1.33. The summed E-state index contributed by atoms with van der Waals surface area (Å²) in [6.45, 7) is 1.06. The number of hydrogen-bond donors (Lipinski definition) is 2. The monoisotopic (exact) mass is 240 g/mol. The summed E-state index contributed by atoms with van der Waals surface area (Å²) in [5, 5.41) is 5.95. The molecule has 1 aromatic carbocycles. The summed E-state index contributed by atoms with van der Waals surface area (Å²) >= 11 is 0. The molecular weight excluding hydrogens is 226 g/mol. The summed E-state index contributed by atoms with van der Waals surface area (Å²) in [6.07, 6.45) is 1.28. The molecule has 0 radical (unpaired) electrons. The minimum absolute atomic E-state index is 0.0656. The Balaban J connectivity index is 1.85. The molecule has 1 unspecified atom stereocenters. The van der Waals surface area contributed by atoms with Crippen molar-refractivity contribution in [1.82, 2.24) is 10.6 Å². The van der Waals surface area contributed by atoms with E-state index in [1.807, 2.05) is 0 Å². The van der Waals surface area contributed by atoms with E-state index in [1.165, 1.54) is 6.07 Å². The second-order valence-electron chi connectivity index (χ2n) is 4.17.